The lowest BCUT2D eigenvalue weighted by Crippen LogP contribution is -2.08. The van der Waals surface area contributed by atoms with Gasteiger partial charge in [0.2, 0.25) is 5.89 Å². The summed E-state index contributed by atoms with van der Waals surface area (Å²) in [6.07, 6.45) is 9.62. The van der Waals surface area contributed by atoms with Crippen LogP contribution in [-0.4, -0.2) is 30.8 Å². The van der Waals surface area contributed by atoms with Crippen LogP contribution in [0, 0.1) is 0 Å². The van der Waals surface area contributed by atoms with Crippen molar-refractivity contribution in [3.8, 4) is 5.75 Å². The van der Waals surface area contributed by atoms with Crippen LogP contribution in [0.25, 0.3) is 12.2 Å². The number of ether oxygens (including phenoxy) is 1. The summed E-state index contributed by atoms with van der Waals surface area (Å²) in [6.45, 7) is 1.13. The molecule has 6 nitrogen and oxygen atoms in total. The van der Waals surface area contributed by atoms with Crippen LogP contribution >= 0.6 is 0 Å². The van der Waals surface area contributed by atoms with Gasteiger partial charge in [0.15, 0.2) is 0 Å². The van der Waals surface area contributed by atoms with E-state index in [2.05, 4.69) is 26.7 Å². The van der Waals surface area contributed by atoms with Crippen LogP contribution in [0.3, 0.4) is 0 Å². The molecule has 1 atom stereocenters. The minimum Gasteiger partial charge on any atom is -0.487 e. The molecule has 0 amide bonds. The number of aryl methyl sites for hydroxylation is 3. The van der Waals surface area contributed by atoms with Gasteiger partial charge in [-0.15, -0.1) is 0 Å². The molecular weight excluding hydrogens is 527 g/mol. The molecule has 0 aliphatic carbocycles. The molecule has 0 saturated heterocycles. The zero-order chi connectivity index (χ0) is 27.7. The average Bonchev–Trinajstić information content (AvgIpc) is 3.57. The predicted octanol–water partition coefficient (Wildman–Crippen LogP) is 6.58. The van der Waals surface area contributed by atoms with Crippen LogP contribution in [0.4, 0.5) is 13.2 Å². The highest BCUT2D eigenvalue weighted by Gasteiger charge is 2.29. The lowest BCUT2D eigenvalue weighted by Gasteiger charge is -2.08. The van der Waals surface area contributed by atoms with Crippen LogP contribution in [0.15, 0.2) is 71.6 Å². The van der Waals surface area contributed by atoms with Gasteiger partial charge in [-0.05, 0) is 60.7 Å². The number of halogens is 3. The molecule has 2 heterocycles. The molecule has 0 radical (unpaired) electrons. The van der Waals surface area contributed by atoms with E-state index < -0.39 is 22.5 Å². The third kappa shape index (κ3) is 8.95. The standard InChI is InChI=1S/C29H30F3N3O3S/c1-39(36)19-15-27-33-16-18-35(27)17-3-2-4-22-7-12-26(13-8-22)37-20-25-21-38-28(34-25)14-9-23-5-10-24(11-6-23)29(30,31)32/h5-14,16,18,21H,2-4,15,17,19-20H2,1H3/b14-9+. The van der Waals surface area contributed by atoms with E-state index in [0.29, 0.717) is 22.9 Å². The van der Waals surface area contributed by atoms with Gasteiger partial charge < -0.3 is 13.7 Å². The van der Waals surface area contributed by atoms with Gasteiger partial charge in [-0.25, -0.2) is 9.97 Å². The molecule has 0 spiro atoms. The van der Waals surface area contributed by atoms with E-state index >= 15 is 0 Å². The Hall–Kier alpha value is -3.66. The number of rotatable bonds is 13. The van der Waals surface area contributed by atoms with Gasteiger partial charge in [-0.3, -0.25) is 4.21 Å². The van der Waals surface area contributed by atoms with Crippen molar-refractivity contribution in [1.29, 1.82) is 0 Å². The molecule has 4 aromatic rings. The van der Waals surface area contributed by atoms with Gasteiger partial charge in [0.1, 0.15) is 30.1 Å². The summed E-state index contributed by atoms with van der Waals surface area (Å²) >= 11 is 0. The minimum absolute atomic E-state index is 0.232. The number of aromatic nitrogens is 3. The quantitative estimate of drug-likeness (QED) is 0.174. The Balaban J connectivity index is 1.18. The highest BCUT2D eigenvalue weighted by molar-refractivity contribution is 7.84. The van der Waals surface area contributed by atoms with E-state index in [1.807, 2.05) is 18.3 Å². The monoisotopic (exact) mass is 557 g/mol. The fourth-order valence-electron chi connectivity index (χ4n) is 3.94. The lowest BCUT2D eigenvalue weighted by molar-refractivity contribution is -0.137. The van der Waals surface area contributed by atoms with E-state index in [1.54, 1.807) is 24.6 Å². The fourth-order valence-corrected chi connectivity index (χ4v) is 4.41. The molecule has 0 saturated carbocycles. The van der Waals surface area contributed by atoms with Gasteiger partial charge in [0.05, 0.1) is 5.56 Å². The van der Waals surface area contributed by atoms with Crippen molar-refractivity contribution in [3.63, 3.8) is 0 Å². The molecular formula is C29H30F3N3O3S. The summed E-state index contributed by atoms with van der Waals surface area (Å²) in [5.74, 6) is 2.68. The number of unbranched alkanes of at least 4 members (excludes halogenated alkanes) is 1. The molecule has 4 rings (SSSR count). The highest BCUT2D eigenvalue weighted by Crippen LogP contribution is 2.29. The molecule has 10 heteroatoms. The fraction of sp³-hybridized carbons (Fsp3) is 0.310. The number of imidazole rings is 1. The molecule has 0 aliphatic rings. The van der Waals surface area contributed by atoms with Crippen molar-refractivity contribution in [2.24, 2.45) is 0 Å². The number of oxazole rings is 1. The topological polar surface area (TPSA) is 70.2 Å². The number of hydrogen-bond donors (Lipinski definition) is 0. The smallest absolute Gasteiger partial charge is 0.416 e. The van der Waals surface area contributed by atoms with Crippen LogP contribution < -0.4 is 4.74 Å². The summed E-state index contributed by atoms with van der Waals surface area (Å²) in [5, 5.41) is 0. The van der Waals surface area contributed by atoms with Crippen molar-refractivity contribution in [2.75, 3.05) is 12.0 Å². The second kappa shape index (κ2) is 13.4. The Morgan fingerprint density at radius 3 is 2.51 bits per heavy atom. The van der Waals surface area contributed by atoms with Crippen molar-refractivity contribution in [3.05, 3.63) is 101 Å². The van der Waals surface area contributed by atoms with Crippen molar-refractivity contribution in [1.82, 2.24) is 14.5 Å². The van der Waals surface area contributed by atoms with Gasteiger partial charge in [0, 0.05) is 54.2 Å². The van der Waals surface area contributed by atoms with E-state index in [9.17, 15) is 17.4 Å². The summed E-state index contributed by atoms with van der Waals surface area (Å²) in [7, 11) is -0.816. The first kappa shape index (κ1) is 28.4. The number of nitrogens with zero attached hydrogens (tertiary/aromatic N) is 3. The Bertz CT molecular complexity index is 1380. The zero-order valence-electron chi connectivity index (χ0n) is 21.6. The first-order valence-electron chi connectivity index (χ1n) is 12.6. The van der Waals surface area contributed by atoms with Crippen LogP contribution in [0.1, 0.15) is 46.9 Å². The molecule has 0 N–H and O–H groups in total. The van der Waals surface area contributed by atoms with Crippen molar-refractivity contribution in [2.45, 2.75) is 45.0 Å². The highest BCUT2D eigenvalue weighted by atomic mass is 32.2. The first-order chi connectivity index (χ1) is 18.8. The van der Waals surface area contributed by atoms with Gasteiger partial charge >= 0.3 is 6.18 Å². The number of hydrogen-bond acceptors (Lipinski definition) is 5. The number of alkyl halides is 3. The van der Waals surface area contributed by atoms with Crippen molar-refractivity contribution >= 4 is 23.0 Å². The minimum atomic E-state index is -4.36. The largest absolute Gasteiger partial charge is 0.487 e. The second-order valence-corrected chi connectivity index (χ2v) is 10.6. The Labute approximate surface area is 228 Å². The second-order valence-electron chi connectivity index (χ2n) is 9.08. The Morgan fingerprint density at radius 1 is 1.03 bits per heavy atom. The molecule has 2 aromatic heterocycles. The SMILES string of the molecule is CS(=O)CCc1nccn1CCCCc1ccc(OCc2coc(/C=C/c3ccc(C(F)(F)F)cc3)n2)cc1. The summed E-state index contributed by atoms with van der Waals surface area (Å²) in [5.41, 5.74) is 1.75. The van der Waals surface area contributed by atoms with Gasteiger partial charge in [-0.1, -0.05) is 24.3 Å². The summed E-state index contributed by atoms with van der Waals surface area (Å²) in [6, 6.07) is 12.8. The maximum atomic E-state index is 12.7. The lowest BCUT2D eigenvalue weighted by atomic mass is 10.1. The number of benzene rings is 2. The van der Waals surface area contributed by atoms with Crippen LogP contribution in [0.5, 0.6) is 5.75 Å². The maximum absolute atomic E-state index is 12.7. The molecule has 206 valence electrons. The van der Waals surface area contributed by atoms with Crippen LogP contribution in [0.2, 0.25) is 0 Å². The molecule has 39 heavy (non-hydrogen) atoms. The average molecular weight is 558 g/mol. The van der Waals surface area contributed by atoms with Crippen LogP contribution in [-0.2, 0) is 43.0 Å². The van der Waals surface area contributed by atoms with Gasteiger partial charge in [0.25, 0.3) is 0 Å². The van der Waals surface area contributed by atoms with E-state index in [4.69, 9.17) is 9.15 Å². The zero-order valence-corrected chi connectivity index (χ0v) is 22.4. The normalized spacial score (nSPS) is 12.7. The summed E-state index contributed by atoms with van der Waals surface area (Å²) < 4.78 is 62.7. The van der Waals surface area contributed by atoms with E-state index in [-0.39, 0.29) is 6.61 Å². The third-order valence-corrected chi connectivity index (χ3v) is 6.84. The molecule has 0 aliphatic heterocycles. The van der Waals surface area contributed by atoms with Crippen molar-refractivity contribution < 1.29 is 26.5 Å². The summed E-state index contributed by atoms with van der Waals surface area (Å²) in [4.78, 5) is 8.71. The molecule has 2 aromatic carbocycles. The molecule has 0 fully saturated rings. The van der Waals surface area contributed by atoms with Gasteiger partial charge in [-0.2, -0.15) is 13.2 Å². The Morgan fingerprint density at radius 2 is 1.79 bits per heavy atom. The van der Waals surface area contributed by atoms with E-state index in [1.165, 1.54) is 24.0 Å². The molecule has 0 bridgehead atoms. The Kier molecular flexibility index (Phi) is 9.75. The van der Waals surface area contributed by atoms with E-state index in [0.717, 1.165) is 55.9 Å². The maximum Gasteiger partial charge on any atom is 0.416 e. The first-order valence-corrected chi connectivity index (χ1v) is 14.3. The third-order valence-electron chi connectivity index (χ3n) is 6.07. The molecule has 1 unspecified atom stereocenters. The predicted molar refractivity (Wildman–Crippen MR) is 145 cm³/mol.